The van der Waals surface area contributed by atoms with E-state index in [0.29, 0.717) is 0 Å². The second kappa shape index (κ2) is 10.3. The second-order valence-corrected chi connectivity index (χ2v) is 15.0. The first kappa shape index (κ1) is 28.5. The fourth-order valence-electron chi connectivity index (χ4n) is 7.37. The molecule has 0 radical (unpaired) electrons. The highest BCUT2D eigenvalue weighted by Gasteiger charge is 2.23. The summed E-state index contributed by atoms with van der Waals surface area (Å²) in [6.45, 7) is 13.9. The van der Waals surface area contributed by atoms with Crippen LogP contribution in [0.1, 0.15) is 52.7 Å². The third kappa shape index (κ3) is 4.59. The van der Waals surface area contributed by atoms with Crippen LogP contribution >= 0.6 is 0 Å². The summed E-state index contributed by atoms with van der Waals surface area (Å²) in [5.41, 5.74) is 7.93. The largest absolute Gasteiger partial charge is 0.0616 e. The summed E-state index contributed by atoms with van der Waals surface area (Å²) in [4.78, 5) is 0. The van der Waals surface area contributed by atoms with Crippen LogP contribution in [0.15, 0.2) is 133 Å². The van der Waals surface area contributed by atoms with E-state index >= 15 is 0 Å². The van der Waals surface area contributed by atoms with Crippen molar-refractivity contribution in [2.24, 2.45) is 0 Å². The maximum Gasteiger partial charge on any atom is -0.00199 e. The van der Waals surface area contributed by atoms with E-state index in [0.717, 1.165) is 0 Å². The van der Waals surface area contributed by atoms with Gasteiger partial charge in [-0.25, -0.2) is 0 Å². The van der Waals surface area contributed by atoms with E-state index in [1.165, 1.54) is 87.2 Å². The SMILES string of the molecule is CC(C)(C)c1ccc2c(-c3ccc4ccccc4c3)c3ccc(C(C)(C)C)cc3c(-c3cccc4c3ccc3ccccc34)c2c1. The Morgan fingerprint density at radius 2 is 0.870 bits per heavy atom. The zero-order valence-electron chi connectivity index (χ0n) is 27.7. The number of benzene rings is 8. The monoisotopic (exact) mass is 592 g/mol. The minimum absolute atomic E-state index is 0.0196. The van der Waals surface area contributed by atoms with Gasteiger partial charge in [-0.05, 0) is 116 Å². The molecular formula is C46H40. The van der Waals surface area contributed by atoms with Gasteiger partial charge in [0.2, 0.25) is 0 Å². The van der Waals surface area contributed by atoms with Gasteiger partial charge in [-0.2, -0.15) is 0 Å². The number of hydrogen-bond donors (Lipinski definition) is 0. The first-order valence-corrected chi connectivity index (χ1v) is 16.5. The highest BCUT2D eigenvalue weighted by molar-refractivity contribution is 6.25. The van der Waals surface area contributed by atoms with Gasteiger partial charge in [0.1, 0.15) is 0 Å². The smallest absolute Gasteiger partial charge is 0.00199 e. The van der Waals surface area contributed by atoms with Crippen molar-refractivity contribution in [1.29, 1.82) is 0 Å². The Labute approximate surface area is 272 Å². The fraction of sp³-hybridized carbons (Fsp3) is 0.174. The van der Waals surface area contributed by atoms with Crippen LogP contribution < -0.4 is 0 Å². The van der Waals surface area contributed by atoms with Crippen LogP contribution in [0.3, 0.4) is 0 Å². The lowest BCUT2D eigenvalue weighted by atomic mass is 9.78. The molecule has 0 heteroatoms. The molecule has 0 amide bonds. The van der Waals surface area contributed by atoms with Gasteiger partial charge in [0.25, 0.3) is 0 Å². The minimum Gasteiger partial charge on any atom is -0.0616 e. The molecule has 0 aliphatic carbocycles. The third-order valence-corrected chi connectivity index (χ3v) is 9.94. The first-order valence-electron chi connectivity index (χ1n) is 16.5. The molecule has 0 unspecified atom stereocenters. The van der Waals surface area contributed by atoms with Crippen LogP contribution in [0.25, 0.3) is 76.1 Å². The topological polar surface area (TPSA) is 0 Å². The van der Waals surface area contributed by atoms with Crippen molar-refractivity contribution in [3.63, 3.8) is 0 Å². The van der Waals surface area contributed by atoms with Crippen LogP contribution in [0.5, 0.6) is 0 Å². The summed E-state index contributed by atoms with van der Waals surface area (Å²) >= 11 is 0. The molecule has 0 heterocycles. The van der Waals surface area contributed by atoms with E-state index in [4.69, 9.17) is 0 Å². The number of hydrogen-bond acceptors (Lipinski definition) is 0. The molecule has 0 saturated carbocycles. The normalized spacial score (nSPS) is 12.6. The van der Waals surface area contributed by atoms with Gasteiger partial charge in [-0.3, -0.25) is 0 Å². The molecule has 8 aromatic carbocycles. The zero-order chi connectivity index (χ0) is 31.8. The van der Waals surface area contributed by atoms with Gasteiger partial charge in [0.05, 0.1) is 0 Å². The van der Waals surface area contributed by atoms with Crippen molar-refractivity contribution < 1.29 is 0 Å². The van der Waals surface area contributed by atoms with Gasteiger partial charge in [0, 0.05) is 0 Å². The van der Waals surface area contributed by atoms with Crippen molar-refractivity contribution >= 4 is 53.9 Å². The molecule has 0 aromatic heterocycles. The van der Waals surface area contributed by atoms with E-state index < -0.39 is 0 Å². The highest BCUT2D eigenvalue weighted by atomic mass is 14.3. The molecule has 8 aromatic rings. The third-order valence-electron chi connectivity index (χ3n) is 9.94. The Morgan fingerprint density at radius 3 is 1.52 bits per heavy atom. The minimum atomic E-state index is 0.0196. The highest BCUT2D eigenvalue weighted by Crippen LogP contribution is 2.48. The molecule has 8 rings (SSSR count). The van der Waals surface area contributed by atoms with Crippen LogP contribution in [-0.4, -0.2) is 0 Å². The molecule has 224 valence electrons. The quantitative estimate of drug-likeness (QED) is 0.138. The second-order valence-electron chi connectivity index (χ2n) is 15.0. The van der Waals surface area contributed by atoms with Gasteiger partial charge < -0.3 is 0 Å². The summed E-state index contributed by atoms with van der Waals surface area (Å²) in [5, 5.41) is 12.9. The van der Waals surface area contributed by atoms with Crippen molar-refractivity contribution in [1.82, 2.24) is 0 Å². The molecule has 0 fully saturated rings. The molecule has 0 bridgehead atoms. The number of fused-ring (bicyclic) bond motifs is 6. The lowest BCUT2D eigenvalue weighted by Gasteiger charge is -2.25. The Kier molecular flexibility index (Phi) is 6.38. The van der Waals surface area contributed by atoms with E-state index in [-0.39, 0.29) is 10.8 Å². The molecule has 0 nitrogen and oxygen atoms in total. The molecule has 46 heavy (non-hydrogen) atoms. The molecule has 0 aliphatic heterocycles. The van der Waals surface area contributed by atoms with Crippen LogP contribution in [0, 0.1) is 0 Å². The summed E-state index contributed by atoms with van der Waals surface area (Å²) in [5.74, 6) is 0. The van der Waals surface area contributed by atoms with Gasteiger partial charge in [-0.15, -0.1) is 0 Å². The Balaban J connectivity index is 1.59. The Morgan fingerprint density at radius 1 is 0.326 bits per heavy atom. The standard InChI is InChI=1S/C46H40/c1-45(2,3)33-21-24-39-41(27-33)44(38-17-11-16-36-35-15-10-9-13-30(35)20-23-37(36)38)42-28-34(46(4,5)6)22-25-40(42)43(39)32-19-18-29-12-7-8-14-31(29)26-32/h7-28H,1-6H3. The van der Waals surface area contributed by atoms with Crippen molar-refractivity contribution in [3.05, 3.63) is 145 Å². The van der Waals surface area contributed by atoms with Crippen molar-refractivity contribution in [3.8, 4) is 22.3 Å². The average molecular weight is 593 g/mol. The summed E-state index contributed by atoms with van der Waals surface area (Å²) < 4.78 is 0. The van der Waals surface area contributed by atoms with E-state index in [9.17, 15) is 0 Å². The summed E-state index contributed by atoms with van der Waals surface area (Å²) in [6.07, 6.45) is 0. The molecular weight excluding hydrogens is 553 g/mol. The summed E-state index contributed by atoms with van der Waals surface area (Å²) in [6, 6.07) is 50.4. The fourth-order valence-corrected chi connectivity index (χ4v) is 7.37. The van der Waals surface area contributed by atoms with Gasteiger partial charge >= 0.3 is 0 Å². The van der Waals surface area contributed by atoms with Gasteiger partial charge in [-0.1, -0.05) is 157 Å². The maximum atomic E-state index is 2.48. The van der Waals surface area contributed by atoms with Crippen LogP contribution in [-0.2, 0) is 10.8 Å². The first-order chi connectivity index (χ1) is 22.1. The molecule has 0 saturated heterocycles. The van der Waals surface area contributed by atoms with Crippen LogP contribution in [0.2, 0.25) is 0 Å². The van der Waals surface area contributed by atoms with Crippen molar-refractivity contribution in [2.75, 3.05) is 0 Å². The average Bonchev–Trinajstić information content (AvgIpc) is 3.05. The Bertz CT molecular complexity index is 2400. The molecule has 0 spiro atoms. The van der Waals surface area contributed by atoms with Crippen molar-refractivity contribution in [2.45, 2.75) is 52.4 Å². The van der Waals surface area contributed by atoms with E-state index in [2.05, 4.69) is 175 Å². The molecule has 0 N–H and O–H groups in total. The number of rotatable bonds is 2. The molecule has 0 atom stereocenters. The lowest BCUT2D eigenvalue weighted by molar-refractivity contribution is 0.591. The van der Waals surface area contributed by atoms with Gasteiger partial charge in [0.15, 0.2) is 0 Å². The molecule has 0 aliphatic rings. The maximum absolute atomic E-state index is 2.48. The van der Waals surface area contributed by atoms with E-state index in [1.807, 2.05) is 0 Å². The lowest BCUT2D eigenvalue weighted by Crippen LogP contribution is -2.11. The Hall–Kier alpha value is -4.94. The predicted octanol–water partition coefficient (Wildman–Crippen LogP) is 13.4. The van der Waals surface area contributed by atoms with E-state index in [1.54, 1.807) is 0 Å². The predicted molar refractivity (Wildman–Crippen MR) is 202 cm³/mol. The zero-order valence-corrected chi connectivity index (χ0v) is 27.7. The summed E-state index contributed by atoms with van der Waals surface area (Å²) in [7, 11) is 0. The van der Waals surface area contributed by atoms with Crippen LogP contribution in [0.4, 0.5) is 0 Å².